The van der Waals surface area contributed by atoms with Crippen LogP contribution in [0.2, 0.25) is 0 Å². The van der Waals surface area contributed by atoms with Crippen LogP contribution in [0.3, 0.4) is 0 Å². The van der Waals surface area contributed by atoms with E-state index in [-0.39, 0.29) is 17.7 Å². The summed E-state index contributed by atoms with van der Waals surface area (Å²) in [6, 6.07) is 11.8. The Morgan fingerprint density at radius 1 is 0.974 bits per heavy atom. The zero-order chi connectivity index (χ0) is 26.5. The zero-order valence-electron chi connectivity index (χ0n) is 21.7. The van der Waals surface area contributed by atoms with Crippen LogP contribution in [0.4, 0.5) is 11.6 Å². The van der Waals surface area contributed by atoms with Gasteiger partial charge in [-0.05, 0) is 67.9 Å². The van der Waals surface area contributed by atoms with Crippen LogP contribution in [0, 0.1) is 0 Å². The minimum absolute atomic E-state index is 0.125. The molecule has 4 aromatic rings. The van der Waals surface area contributed by atoms with Crippen molar-refractivity contribution < 1.29 is 9.59 Å². The number of hydrogen-bond donors (Lipinski definition) is 2. The van der Waals surface area contributed by atoms with E-state index < -0.39 is 0 Å². The summed E-state index contributed by atoms with van der Waals surface area (Å²) in [7, 11) is 0. The van der Waals surface area contributed by atoms with Gasteiger partial charge in [-0.1, -0.05) is 18.6 Å². The molecule has 2 saturated heterocycles. The van der Waals surface area contributed by atoms with Crippen molar-refractivity contribution in [2.45, 2.75) is 62.8 Å². The molecule has 1 saturated carbocycles. The Labute approximate surface area is 226 Å². The minimum atomic E-state index is -0.205. The van der Waals surface area contributed by atoms with Crippen molar-refractivity contribution in [3.8, 4) is 11.3 Å². The van der Waals surface area contributed by atoms with Gasteiger partial charge in [-0.15, -0.1) is 0 Å². The SMILES string of the molecule is Nc1nccn2c([C@H]3CC[C@@H]4CCC(=O)N4C3)nc(-c3ccc(C(=O)Nc4cc(C5CCC5)ccn4)cc3)c12. The maximum absolute atomic E-state index is 13.0. The fourth-order valence-corrected chi connectivity index (χ4v) is 6.33. The number of nitrogens with zero attached hydrogens (tertiary/aromatic N) is 5. The summed E-state index contributed by atoms with van der Waals surface area (Å²) in [5.41, 5.74) is 10.4. The van der Waals surface area contributed by atoms with Gasteiger partial charge in [0.05, 0.1) is 0 Å². The summed E-state index contributed by atoms with van der Waals surface area (Å²) in [6.45, 7) is 0.680. The number of nitrogen functional groups attached to an aromatic ring is 1. The number of aromatic nitrogens is 4. The molecule has 2 amide bonds. The highest BCUT2D eigenvalue weighted by molar-refractivity contribution is 6.04. The third kappa shape index (κ3) is 4.22. The molecule has 0 radical (unpaired) electrons. The van der Waals surface area contributed by atoms with Crippen molar-refractivity contribution in [2.75, 3.05) is 17.6 Å². The first-order valence-electron chi connectivity index (χ1n) is 13.8. The van der Waals surface area contributed by atoms with Gasteiger partial charge >= 0.3 is 0 Å². The number of carbonyl (C=O) groups excluding carboxylic acids is 2. The Morgan fingerprint density at radius 2 is 1.82 bits per heavy atom. The van der Waals surface area contributed by atoms with Crippen LogP contribution in [0.15, 0.2) is 55.0 Å². The Bertz CT molecular complexity index is 1570. The van der Waals surface area contributed by atoms with Crippen LogP contribution >= 0.6 is 0 Å². The smallest absolute Gasteiger partial charge is 0.256 e. The number of rotatable bonds is 5. The molecule has 5 heterocycles. The largest absolute Gasteiger partial charge is 0.382 e. The number of benzene rings is 1. The van der Waals surface area contributed by atoms with Crippen molar-refractivity contribution in [3.05, 3.63) is 71.9 Å². The van der Waals surface area contributed by atoms with Gasteiger partial charge in [-0.25, -0.2) is 15.0 Å². The van der Waals surface area contributed by atoms with E-state index in [9.17, 15) is 9.59 Å². The van der Waals surface area contributed by atoms with Crippen LogP contribution < -0.4 is 11.1 Å². The number of amides is 2. The van der Waals surface area contributed by atoms with E-state index in [4.69, 9.17) is 10.7 Å². The summed E-state index contributed by atoms with van der Waals surface area (Å²) >= 11 is 0. The maximum Gasteiger partial charge on any atom is 0.256 e. The van der Waals surface area contributed by atoms with Crippen molar-refractivity contribution >= 4 is 29.0 Å². The molecule has 39 heavy (non-hydrogen) atoms. The summed E-state index contributed by atoms with van der Waals surface area (Å²) in [6.07, 6.45) is 12.6. The van der Waals surface area contributed by atoms with Gasteiger partial charge in [-0.2, -0.15) is 0 Å². The van der Waals surface area contributed by atoms with Crippen LogP contribution in [-0.4, -0.2) is 48.7 Å². The summed E-state index contributed by atoms with van der Waals surface area (Å²) in [4.78, 5) is 41.2. The monoisotopic (exact) mass is 521 g/mol. The van der Waals surface area contributed by atoms with Crippen LogP contribution in [0.1, 0.15) is 78.5 Å². The first-order chi connectivity index (χ1) is 19.0. The molecule has 0 bridgehead atoms. The van der Waals surface area contributed by atoms with Gasteiger partial charge in [-0.3, -0.25) is 14.0 Å². The van der Waals surface area contributed by atoms with Gasteiger partial charge in [0.25, 0.3) is 5.91 Å². The Balaban J connectivity index is 1.16. The van der Waals surface area contributed by atoms with Gasteiger partial charge in [0.2, 0.25) is 5.91 Å². The molecule has 1 aliphatic carbocycles. The number of fused-ring (bicyclic) bond motifs is 2. The highest BCUT2D eigenvalue weighted by atomic mass is 16.2. The third-order valence-electron chi connectivity index (χ3n) is 8.72. The first kappa shape index (κ1) is 23.8. The van der Waals surface area contributed by atoms with Crippen LogP contribution in [-0.2, 0) is 4.79 Å². The molecular weight excluding hydrogens is 490 g/mol. The quantitative estimate of drug-likeness (QED) is 0.391. The lowest BCUT2D eigenvalue weighted by Gasteiger charge is -2.34. The molecule has 9 heteroatoms. The molecule has 2 atom stereocenters. The third-order valence-corrected chi connectivity index (χ3v) is 8.72. The molecule has 1 aromatic carbocycles. The number of nitrogens with one attached hydrogen (secondary N) is 1. The lowest BCUT2D eigenvalue weighted by Crippen LogP contribution is -2.41. The summed E-state index contributed by atoms with van der Waals surface area (Å²) in [5.74, 6) is 2.60. The topological polar surface area (TPSA) is 119 Å². The van der Waals surface area contributed by atoms with Crippen LogP contribution in [0.25, 0.3) is 16.8 Å². The van der Waals surface area contributed by atoms with E-state index in [1.54, 1.807) is 24.5 Å². The number of anilines is 2. The van der Waals surface area contributed by atoms with Crippen molar-refractivity contribution in [1.29, 1.82) is 0 Å². The van der Waals surface area contributed by atoms with E-state index in [2.05, 4.69) is 15.3 Å². The molecule has 2 aliphatic heterocycles. The van der Waals surface area contributed by atoms with Gasteiger partial charge in [0.15, 0.2) is 0 Å². The standard InChI is InChI=1S/C30H31N7O2/c31-28-27-26(35-29(36(27)15-14-33-28)22-8-9-23-10-11-25(38)37(23)17-22)19-4-6-20(7-5-19)30(39)34-24-16-21(12-13-32-24)18-2-1-3-18/h4-7,12-16,18,22-23H,1-3,8-11,17H2,(H2,31,33)(H,32,34,39)/t22-,23+/m0/s1. The Hall–Kier alpha value is -4.27. The summed E-state index contributed by atoms with van der Waals surface area (Å²) < 4.78 is 2.02. The molecule has 3 N–H and O–H groups in total. The number of carbonyl (C=O) groups is 2. The molecule has 3 aliphatic rings. The predicted molar refractivity (Wildman–Crippen MR) is 148 cm³/mol. The molecule has 3 fully saturated rings. The van der Waals surface area contributed by atoms with Crippen molar-refractivity contribution in [1.82, 2.24) is 24.3 Å². The van der Waals surface area contributed by atoms with Crippen molar-refractivity contribution in [3.63, 3.8) is 0 Å². The maximum atomic E-state index is 13.0. The number of piperidine rings is 1. The van der Waals surface area contributed by atoms with Gasteiger partial charge in [0, 0.05) is 54.6 Å². The number of nitrogens with two attached hydrogens (primary N) is 1. The Morgan fingerprint density at radius 3 is 2.62 bits per heavy atom. The molecule has 3 aromatic heterocycles. The fourth-order valence-electron chi connectivity index (χ4n) is 6.33. The first-order valence-corrected chi connectivity index (χ1v) is 13.8. The van der Waals surface area contributed by atoms with E-state index in [0.717, 1.165) is 41.9 Å². The molecule has 9 nitrogen and oxygen atoms in total. The molecular formula is C30H31N7O2. The number of imidazole rings is 1. The van der Waals surface area contributed by atoms with Gasteiger partial charge < -0.3 is 16.0 Å². The Kier molecular flexibility index (Phi) is 5.79. The summed E-state index contributed by atoms with van der Waals surface area (Å²) in [5, 5.41) is 2.94. The molecule has 0 unspecified atom stereocenters. The van der Waals surface area contributed by atoms with Crippen molar-refractivity contribution in [2.24, 2.45) is 0 Å². The zero-order valence-corrected chi connectivity index (χ0v) is 21.7. The number of pyridine rings is 1. The fraction of sp³-hybridized carbons (Fsp3) is 0.367. The van der Waals surface area contributed by atoms with E-state index in [1.165, 1.54) is 24.8 Å². The molecule has 0 spiro atoms. The predicted octanol–water partition coefficient (Wildman–Crippen LogP) is 4.76. The minimum Gasteiger partial charge on any atom is -0.382 e. The molecule has 7 rings (SSSR count). The average molecular weight is 522 g/mol. The van der Waals surface area contributed by atoms with Gasteiger partial charge in [0.1, 0.15) is 28.7 Å². The highest BCUT2D eigenvalue weighted by Gasteiger charge is 2.38. The normalized spacial score (nSPS) is 21.1. The lowest BCUT2D eigenvalue weighted by molar-refractivity contribution is -0.130. The second-order valence-electron chi connectivity index (χ2n) is 11.0. The second-order valence-corrected chi connectivity index (χ2v) is 11.0. The van der Waals surface area contributed by atoms with E-state index in [1.807, 2.05) is 39.8 Å². The highest BCUT2D eigenvalue weighted by Crippen LogP contribution is 2.38. The van der Waals surface area contributed by atoms with Crippen LogP contribution in [0.5, 0.6) is 0 Å². The molecule has 198 valence electrons. The lowest BCUT2D eigenvalue weighted by atomic mass is 9.80. The van der Waals surface area contributed by atoms with E-state index in [0.29, 0.717) is 42.1 Å². The second kappa shape index (κ2) is 9.48. The van der Waals surface area contributed by atoms with E-state index >= 15 is 0 Å². The average Bonchev–Trinajstić information content (AvgIpc) is 3.49. The number of hydrogen-bond acceptors (Lipinski definition) is 6.